The maximum Gasteiger partial charge on any atom is 0.410 e. The number of Topliss-reactive ketones (excluding diaryl/α,β-unsaturated/α-hetero) is 1. The van der Waals surface area contributed by atoms with Gasteiger partial charge in [-0.3, -0.25) is 4.79 Å². The number of ketones is 1. The summed E-state index contributed by atoms with van der Waals surface area (Å²) >= 11 is 0. The summed E-state index contributed by atoms with van der Waals surface area (Å²) < 4.78 is 7.35. The molecule has 2 unspecified atom stereocenters. The first kappa shape index (κ1) is 17.8. The van der Waals surface area contributed by atoms with Gasteiger partial charge in [-0.25, -0.2) is 9.78 Å². The quantitative estimate of drug-likeness (QED) is 0.775. The normalized spacial score (nSPS) is 24.5. The van der Waals surface area contributed by atoms with Crippen LogP contribution >= 0.6 is 0 Å². The molecule has 6 nitrogen and oxygen atoms in total. The molecule has 3 heterocycles. The minimum absolute atomic E-state index is 0.0698. The molecule has 2 aliphatic heterocycles. The van der Waals surface area contributed by atoms with E-state index in [1.54, 1.807) is 17.0 Å². The molecule has 27 heavy (non-hydrogen) atoms. The van der Waals surface area contributed by atoms with Crippen LogP contribution < -0.4 is 0 Å². The van der Waals surface area contributed by atoms with Gasteiger partial charge in [0.1, 0.15) is 6.61 Å². The fourth-order valence-electron chi connectivity index (χ4n) is 4.47. The zero-order chi connectivity index (χ0) is 18.8. The number of carbonyl (C=O) groups excluding carboxylic acids is 2. The molecule has 0 spiro atoms. The van der Waals surface area contributed by atoms with Gasteiger partial charge in [-0.2, -0.15) is 0 Å². The van der Waals surface area contributed by atoms with E-state index in [0.717, 1.165) is 24.8 Å². The molecule has 4 rings (SSSR count). The lowest BCUT2D eigenvalue weighted by Crippen LogP contribution is -2.55. The number of hydrogen-bond acceptors (Lipinski definition) is 4. The van der Waals surface area contributed by atoms with Gasteiger partial charge < -0.3 is 14.2 Å². The molecule has 2 saturated heterocycles. The van der Waals surface area contributed by atoms with E-state index in [1.165, 1.54) is 0 Å². The summed E-state index contributed by atoms with van der Waals surface area (Å²) in [4.78, 5) is 31.7. The average molecular weight is 367 g/mol. The largest absolute Gasteiger partial charge is 0.445 e. The predicted molar refractivity (Wildman–Crippen MR) is 100 cm³/mol. The third-order valence-corrected chi connectivity index (χ3v) is 5.80. The number of fused-ring (bicyclic) bond motifs is 2. The lowest BCUT2D eigenvalue weighted by molar-refractivity contribution is 0.00446. The number of benzene rings is 1. The summed E-state index contributed by atoms with van der Waals surface area (Å²) in [6.07, 6.45) is 7.56. The van der Waals surface area contributed by atoms with Crippen molar-refractivity contribution < 1.29 is 14.3 Å². The van der Waals surface area contributed by atoms with Crippen LogP contribution in [-0.4, -0.2) is 38.4 Å². The highest BCUT2D eigenvalue weighted by atomic mass is 16.6. The van der Waals surface area contributed by atoms with Gasteiger partial charge in [0, 0.05) is 37.4 Å². The molecule has 1 amide bonds. The van der Waals surface area contributed by atoms with Gasteiger partial charge in [0.05, 0.1) is 0 Å². The number of ether oxygens (including phenoxy) is 1. The van der Waals surface area contributed by atoms with Crippen molar-refractivity contribution in [2.45, 2.75) is 50.8 Å². The molecule has 0 aliphatic carbocycles. The van der Waals surface area contributed by atoms with Crippen LogP contribution in [0.5, 0.6) is 0 Å². The number of piperidine rings is 2. The predicted octanol–water partition coefficient (Wildman–Crippen LogP) is 3.57. The van der Waals surface area contributed by atoms with Crippen molar-refractivity contribution >= 4 is 11.9 Å². The second-order valence-electron chi connectivity index (χ2n) is 7.58. The molecular formula is C21H25N3O3. The Morgan fingerprint density at radius 3 is 2.48 bits per heavy atom. The fraction of sp³-hybridized carbons (Fsp3) is 0.476. The van der Waals surface area contributed by atoms with Crippen LogP contribution in [0.4, 0.5) is 4.79 Å². The minimum atomic E-state index is -0.253. The van der Waals surface area contributed by atoms with Crippen molar-refractivity contribution in [3.63, 3.8) is 0 Å². The van der Waals surface area contributed by atoms with E-state index in [9.17, 15) is 9.59 Å². The van der Waals surface area contributed by atoms with Crippen LogP contribution in [0.15, 0.2) is 42.7 Å². The first-order chi connectivity index (χ1) is 13.1. The lowest BCUT2D eigenvalue weighted by atomic mass is 9.77. The van der Waals surface area contributed by atoms with E-state index in [0.29, 0.717) is 18.7 Å². The van der Waals surface area contributed by atoms with Gasteiger partial charge in [-0.05, 0) is 37.7 Å². The van der Waals surface area contributed by atoms with E-state index in [4.69, 9.17) is 4.74 Å². The molecule has 6 heteroatoms. The SMILES string of the molecule is Cn1ccnc1C(=O)C1CC2CCCC(C1)N2C(=O)OCc1ccccc1. The Kier molecular flexibility index (Phi) is 4.97. The Balaban J connectivity index is 1.43. The highest BCUT2D eigenvalue weighted by Crippen LogP contribution is 2.38. The van der Waals surface area contributed by atoms with Crippen LogP contribution in [0.1, 0.15) is 48.3 Å². The van der Waals surface area contributed by atoms with Gasteiger partial charge in [-0.15, -0.1) is 0 Å². The van der Waals surface area contributed by atoms with E-state index >= 15 is 0 Å². The lowest BCUT2D eigenvalue weighted by Gasteiger charge is -2.47. The third kappa shape index (κ3) is 3.61. The zero-order valence-corrected chi connectivity index (χ0v) is 15.6. The number of amides is 1. The second kappa shape index (κ2) is 7.55. The molecule has 2 atom stereocenters. The minimum Gasteiger partial charge on any atom is -0.445 e. The Bertz CT molecular complexity index is 803. The zero-order valence-electron chi connectivity index (χ0n) is 15.6. The summed E-state index contributed by atoms with van der Waals surface area (Å²) in [6, 6.07) is 9.88. The number of imidazole rings is 1. The molecule has 0 radical (unpaired) electrons. The Morgan fingerprint density at radius 1 is 1.15 bits per heavy atom. The van der Waals surface area contributed by atoms with Crippen LogP contribution in [-0.2, 0) is 18.4 Å². The summed E-state index contributed by atoms with van der Waals surface area (Å²) in [5.41, 5.74) is 0.982. The van der Waals surface area contributed by atoms with Gasteiger partial charge in [0.2, 0.25) is 5.78 Å². The van der Waals surface area contributed by atoms with Crippen molar-refractivity contribution in [2.24, 2.45) is 13.0 Å². The first-order valence-corrected chi connectivity index (χ1v) is 9.64. The van der Waals surface area contributed by atoms with Crippen molar-refractivity contribution in [1.82, 2.24) is 14.5 Å². The molecule has 1 aromatic heterocycles. The van der Waals surface area contributed by atoms with Crippen LogP contribution in [0, 0.1) is 5.92 Å². The Morgan fingerprint density at radius 2 is 1.85 bits per heavy atom. The summed E-state index contributed by atoms with van der Waals surface area (Å²) in [5, 5.41) is 0. The van der Waals surface area contributed by atoms with E-state index in [2.05, 4.69) is 4.98 Å². The van der Waals surface area contributed by atoms with Gasteiger partial charge >= 0.3 is 6.09 Å². The third-order valence-electron chi connectivity index (χ3n) is 5.80. The molecule has 142 valence electrons. The molecule has 2 aromatic rings. The monoisotopic (exact) mass is 367 g/mol. The van der Waals surface area contributed by atoms with E-state index in [-0.39, 0.29) is 36.5 Å². The molecule has 2 fully saturated rings. The number of carbonyl (C=O) groups is 2. The number of aromatic nitrogens is 2. The molecule has 2 aliphatic rings. The fourth-order valence-corrected chi connectivity index (χ4v) is 4.47. The molecule has 0 N–H and O–H groups in total. The first-order valence-electron chi connectivity index (χ1n) is 9.64. The van der Waals surface area contributed by atoms with Crippen molar-refractivity contribution in [1.29, 1.82) is 0 Å². The molecule has 1 aromatic carbocycles. The standard InChI is InChI=1S/C21H25N3O3/c1-23-11-10-22-20(23)19(25)16-12-17-8-5-9-18(13-16)24(17)21(26)27-14-15-6-3-2-4-7-15/h2-4,6-7,10-11,16-18H,5,8-9,12-14H2,1H3. The van der Waals surface area contributed by atoms with Crippen LogP contribution in [0.3, 0.4) is 0 Å². The maximum atomic E-state index is 12.9. The van der Waals surface area contributed by atoms with Gasteiger partial charge in [-0.1, -0.05) is 30.3 Å². The highest BCUT2D eigenvalue weighted by Gasteiger charge is 2.44. The summed E-state index contributed by atoms with van der Waals surface area (Å²) in [6.45, 7) is 0.283. The van der Waals surface area contributed by atoms with Gasteiger partial charge in [0.25, 0.3) is 0 Å². The summed E-state index contributed by atoms with van der Waals surface area (Å²) in [5.74, 6) is 0.537. The second-order valence-corrected chi connectivity index (χ2v) is 7.58. The van der Waals surface area contributed by atoms with Gasteiger partial charge in [0.15, 0.2) is 5.82 Å². The van der Waals surface area contributed by atoms with E-state index in [1.807, 2.05) is 42.3 Å². The molecular weight excluding hydrogens is 342 g/mol. The number of hydrogen-bond donors (Lipinski definition) is 0. The van der Waals surface area contributed by atoms with E-state index < -0.39 is 0 Å². The van der Waals surface area contributed by atoms with Crippen molar-refractivity contribution in [3.8, 4) is 0 Å². The average Bonchev–Trinajstić information content (AvgIpc) is 3.11. The number of rotatable bonds is 4. The smallest absolute Gasteiger partial charge is 0.410 e. The van der Waals surface area contributed by atoms with Crippen molar-refractivity contribution in [3.05, 3.63) is 54.1 Å². The Labute approximate surface area is 159 Å². The Hall–Kier alpha value is -2.63. The topological polar surface area (TPSA) is 64.4 Å². The maximum absolute atomic E-state index is 12.9. The van der Waals surface area contributed by atoms with Crippen LogP contribution in [0.2, 0.25) is 0 Å². The van der Waals surface area contributed by atoms with Crippen molar-refractivity contribution in [2.75, 3.05) is 0 Å². The number of aryl methyl sites for hydroxylation is 1. The molecule has 0 saturated carbocycles. The summed E-state index contributed by atoms with van der Waals surface area (Å²) in [7, 11) is 1.84. The number of nitrogens with zero attached hydrogens (tertiary/aromatic N) is 3. The molecule has 2 bridgehead atoms. The van der Waals surface area contributed by atoms with Crippen LogP contribution in [0.25, 0.3) is 0 Å². The highest BCUT2D eigenvalue weighted by molar-refractivity contribution is 5.95.